The fourth-order valence-corrected chi connectivity index (χ4v) is 0.387. The van der Waals surface area contributed by atoms with Crippen molar-refractivity contribution in [2.75, 3.05) is 7.11 Å². The zero-order valence-electron chi connectivity index (χ0n) is 3.84. The quantitative estimate of drug-likeness (QED) is 0.340. The van der Waals surface area contributed by atoms with Gasteiger partial charge in [-0.15, -0.1) is 11.7 Å². The molecule has 0 aromatic rings. The molecule has 0 heterocycles. The molecular formula is C3H8OS2. The highest BCUT2D eigenvalue weighted by Crippen LogP contribution is 2.13. The van der Waals surface area contributed by atoms with Crippen LogP contribution in [0, 0.1) is 0 Å². The number of hydrogen-bond acceptors (Lipinski definition) is 3. The number of thiol groups is 1. The first-order valence-electron chi connectivity index (χ1n) is 1.64. The molecule has 1 unspecified atom stereocenters. The van der Waals surface area contributed by atoms with Crippen LogP contribution in [0.5, 0.6) is 0 Å². The van der Waals surface area contributed by atoms with Crippen molar-refractivity contribution in [3.05, 3.63) is 0 Å². The number of hydrogen-bond donors (Lipinski definition) is 1. The van der Waals surface area contributed by atoms with Gasteiger partial charge in [0.05, 0.1) is 0 Å². The highest BCUT2D eigenvalue weighted by Gasteiger charge is 1.90. The van der Waals surface area contributed by atoms with Crippen molar-refractivity contribution in [2.24, 2.45) is 0 Å². The summed E-state index contributed by atoms with van der Waals surface area (Å²) in [5.41, 5.74) is 0.216. The van der Waals surface area contributed by atoms with E-state index in [0.29, 0.717) is 0 Å². The van der Waals surface area contributed by atoms with Crippen LogP contribution in [0.3, 0.4) is 0 Å². The highest BCUT2D eigenvalue weighted by molar-refractivity contribution is 8.68. The van der Waals surface area contributed by atoms with Gasteiger partial charge in [0.25, 0.3) is 0 Å². The summed E-state index contributed by atoms with van der Waals surface area (Å²) in [5.74, 6) is 0. The summed E-state index contributed by atoms with van der Waals surface area (Å²) in [4.78, 5) is 0. The molecule has 0 aliphatic rings. The third-order valence-corrected chi connectivity index (χ3v) is 1.86. The Balaban J connectivity index is 2.75. The highest BCUT2D eigenvalue weighted by atomic mass is 33.1. The van der Waals surface area contributed by atoms with Gasteiger partial charge in [0.15, 0.2) is 0 Å². The Morgan fingerprint density at radius 1 is 1.83 bits per heavy atom. The van der Waals surface area contributed by atoms with Gasteiger partial charge >= 0.3 is 0 Å². The second-order valence-corrected chi connectivity index (χ2v) is 2.42. The van der Waals surface area contributed by atoms with E-state index in [1.807, 2.05) is 6.92 Å². The van der Waals surface area contributed by atoms with Gasteiger partial charge in [0.2, 0.25) is 0 Å². The third kappa shape index (κ3) is 2.87. The average Bonchev–Trinajstić information content (AvgIpc) is 1.65. The topological polar surface area (TPSA) is 9.23 Å². The lowest BCUT2D eigenvalue weighted by molar-refractivity contribution is 0.189. The molecule has 0 N–H and O–H groups in total. The number of rotatable bonds is 2. The Hall–Kier alpha value is 0.660. The molecule has 0 aromatic carbocycles. The fourth-order valence-electron chi connectivity index (χ4n) is 0.0430. The molecule has 38 valence electrons. The van der Waals surface area contributed by atoms with Crippen molar-refractivity contribution in [2.45, 2.75) is 12.4 Å². The molecule has 0 rings (SSSR count). The molecule has 0 aliphatic carbocycles. The Morgan fingerprint density at radius 3 is 2.33 bits per heavy atom. The molecule has 0 amide bonds. The van der Waals surface area contributed by atoms with E-state index >= 15 is 0 Å². The summed E-state index contributed by atoms with van der Waals surface area (Å²) < 4.78 is 4.79. The molecule has 0 aliphatic heterocycles. The largest absolute Gasteiger partial charge is 0.370 e. The molecular weight excluding hydrogens is 116 g/mol. The van der Waals surface area contributed by atoms with Crippen LogP contribution < -0.4 is 0 Å². The molecule has 0 aromatic heterocycles. The first kappa shape index (κ1) is 6.66. The van der Waals surface area contributed by atoms with Crippen molar-refractivity contribution in [3.63, 3.8) is 0 Å². The van der Waals surface area contributed by atoms with Crippen LogP contribution in [0.15, 0.2) is 0 Å². The van der Waals surface area contributed by atoms with Gasteiger partial charge < -0.3 is 4.74 Å². The third-order valence-electron chi connectivity index (χ3n) is 0.480. The van der Waals surface area contributed by atoms with Crippen LogP contribution in [0.4, 0.5) is 0 Å². The summed E-state index contributed by atoms with van der Waals surface area (Å²) >= 11 is 3.89. The van der Waals surface area contributed by atoms with Gasteiger partial charge in [0, 0.05) is 7.11 Å². The lowest BCUT2D eigenvalue weighted by Crippen LogP contribution is -1.93. The average molecular weight is 124 g/mol. The van der Waals surface area contributed by atoms with E-state index in [1.54, 1.807) is 7.11 Å². The van der Waals surface area contributed by atoms with E-state index in [0.717, 1.165) is 0 Å². The summed E-state index contributed by atoms with van der Waals surface area (Å²) in [7, 11) is 3.06. The van der Waals surface area contributed by atoms with Gasteiger partial charge in [-0.25, -0.2) is 0 Å². The SMILES string of the molecule is COC(C)SS. The Kier molecular flexibility index (Phi) is 4.26. The van der Waals surface area contributed by atoms with Crippen LogP contribution in [0.1, 0.15) is 6.92 Å². The molecule has 1 nitrogen and oxygen atoms in total. The second-order valence-electron chi connectivity index (χ2n) is 0.909. The van der Waals surface area contributed by atoms with E-state index in [2.05, 4.69) is 11.7 Å². The van der Waals surface area contributed by atoms with Crippen molar-refractivity contribution in [3.8, 4) is 0 Å². The zero-order valence-corrected chi connectivity index (χ0v) is 5.55. The van der Waals surface area contributed by atoms with Gasteiger partial charge in [-0.2, -0.15) is 0 Å². The number of ether oxygens (including phenoxy) is 1. The lowest BCUT2D eigenvalue weighted by Gasteiger charge is -1.99. The Bertz CT molecular complexity index is 28.0. The fraction of sp³-hybridized carbons (Fsp3) is 1.00. The van der Waals surface area contributed by atoms with Gasteiger partial charge in [-0.3, -0.25) is 0 Å². The minimum Gasteiger partial charge on any atom is -0.370 e. The maximum atomic E-state index is 4.79. The molecule has 0 radical (unpaired) electrons. The maximum Gasteiger partial charge on any atom is 0.109 e. The molecule has 0 bridgehead atoms. The van der Waals surface area contributed by atoms with Crippen LogP contribution in [0.2, 0.25) is 0 Å². The minimum absolute atomic E-state index is 0.216. The first-order chi connectivity index (χ1) is 2.81. The molecule has 0 fully saturated rings. The van der Waals surface area contributed by atoms with Crippen LogP contribution in [-0.4, -0.2) is 12.5 Å². The van der Waals surface area contributed by atoms with E-state index in [4.69, 9.17) is 4.74 Å². The zero-order chi connectivity index (χ0) is 4.99. The normalized spacial score (nSPS) is 14.5. The molecule has 1 atom stereocenters. The predicted molar refractivity (Wildman–Crippen MR) is 33.0 cm³/mol. The van der Waals surface area contributed by atoms with E-state index in [1.165, 1.54) is 10.8 Å². The maximum absolute atomic E-state index is 4.79. The monoisotopic (exact) mass is 124 g/mol. The Morgan fingerprint density at radius 2 is 2.33 bits per heavy atom. The summed E-state index contributed by atoms with van der Waals surface area (Å²) in [5, 5.41) is 0. The van der Waals surface area contributed by atoms with Crippen molar-refractivity contribution in [1.82, 2.24) is 0 Å². The van der Waals surface area contributed by atoms with Gasteiger partial charge in [-0.05, 0) is 6.92 Å². The van der Waals surface area contributed by atoms with Crippen molar-refractivity contribution < 1.29 is 4.74 Å². The smallest absolute Gasteiger partial charge is 0.109 e. The Labute approximate surface area is 47.3 Å². The molecule has 6 heavy (non-hydrogen) atoms. The molecule has 0 saturated heterocycles. The summed E-state index contributed by atoms with van der Waals surface area (Å²) in [6, 6.07) is 0. The van der Waals surface area contributed by atoms with Gasteiger partial charge in [-0.1, -0.05) is 10.8 Å². The lowest BCUT2D eigenvalue weighted by atomic mass is 10.9. The van der Waals surface area contributed by atoms with Crippen molar-refractivity contribution in [1.29, 1.82) is 0 Å². The van der Waals surface area contributed by atoms with E-state index in [9.17, 15) is 0 Å². The first-order valence-corrected chi connectivity index (χ1v) is 3.57. The molecule has 0 spiro atoms. The second kappa shape index (κ2) is 3.84. The van der Waals surface area contributed by atoms with E-state index in [-0.39, 0.29) is 5.44 Å². The standard InChI is InChI=1S/C3H8OS2/c1-3(4-2)6-5/h3,5H,1-2H3. The minimum atomic E-state index is 0.216. The summed E-state index contributed by atoms with van der Waals surface area (Å²) in [6.45, 7) is 1.94. The predicted octanol–water partition coefficient (Wildman–Crippen LogP) is 1.56. The van der Waals surface area contributed by atoms with Gasteiger partial charge in [0.1, 0.15) is 5.44 Å². The van der Waals surface area contributed by atoms with Crippen LogP contribution >= 0.6 is 22.5 Å². The van der Waals surface area contributed by atoms with Crippen LogP contribution in [-0.2, 0) is 4.74 Å². The molecule has 0 saturated carbocycles. The summed E-state index contributed by atoms with van der Waals surface area (Å²) in [6.07, 6.45) is 0. The number of methoxy groups -OCH3 is 1. The van der Waals surface area contributed by atoms with Crippen molar-refractivity contribution >= 4 is 22.5 Å². The van der Waals surface area contributed by atoms with Crippen LogP contribution in [0.25, 0.3) is 0 Å². The van der Waals surface area contributed by atoms with E-state index < -0.39 is 0 Å². The molecule has 3 heteroatoms.